The first-order chi connectivity index (χ1) is 10.4. The third-order valence-corrected chi connectivity index (χ3v) is 3.47. The molecule has 0 spiro atoms. The number of aromatic nitrogens is 2. The summed E-state index contributed by atoms with van der Waals surface area (Å²) in [5, 5.41) is 9.55. The molecule has 2 heterocycles. The normalized spacial score (nSPS) is 11.6. The first-order valence-electron chi connectivity index (χ1n) is 6.14. The Kier molecular flexibility index (Phi) is 3.30. The highest BCUT2D eigenvalue weighted by molar-refractivity contribution is 6.32. The molecule has 0 N–H and O–H groups in total. The molecule has 0 aliphatic carbocycles. The van der Waals surface area contributed by atoms with Crippen molar-refractivity contribution in [3.63, 3.8) is 0 Å². The van der Waals surface area contributed by atoms with Crippen LogP contribution in [-0.4, -0.2) is 9.55 Å². The van der Waals surface area contributed by atoms with Crippen LogP contribution < -0.4 is 0 Å². The van der Waals surface area contributed by atoms with Crippen LogP contribution in [0.15, 0.2) is 42.7 Å². The van der Waals surface area contributed by atoms with Crippen molar-refractivity contribution in [3.05, 3.63) is 58.9 Å². The Morgan fingerprint density at radius 3 is 2.59 bits per heavy atom. The third kappa shape index (κ3) is 2.40. The Hall–Kier alpha value is -2.52. The van der Waals surface area contributed by atoms with E-state index in [4.69, 9.17) is 16.9 Å². The summed E-state index contributed by atoms with van der Waals surface area (Å²) in [6.07, 6.45) is -2.10. The number of benzene rings is 1. The molecule has 2 aromatic heterocycles. The number of nitrogens with zero attached hydrogens (tertiary/aromatic N) is 3. The molecule has 0 aliphatic heterocycles. The minimum Gasteiger partial charge on any atom is -0.300 e. The zero-order valence-corrected chi connectivity index (χ0v) is 11.7. The summed E-state index contributed by atoms with van der Waals surface area (Å²) in [6.45, 7) is 0. The van der Waals surface area contributed by atoms with E-state index in [1.54, 1.807) is 35.0 Å². The lowest BCUT2D eigenvalue weighted by Crippen LogP contribution is -2.07. The molecule has 3 aromatic rings. The van der Waals surface area contributed by atoms with E-state index in [0.717, 1.165) is 17.6 Å². The molecule has 0 unspecified atom stereocenters. The van der Waals surface area contributed by atoms with Gasteiger partial charge in [-0.25, -0.2) is 4.98 Å². The molecule has 7 heteroatoms. The van der Waals surface area contributed by atoms with Crippen molar-refractivity contribution in [1.82, 2.24) is 9.55 Å². The Bertz CT molecular complexity index is 907. The molecule has 0 bridgehead atoms. The summed E-state index contributed by atoms with van der Waals surface area (Å²) in [6, 6.07) is 9.62. The first-order valence-corrected chi connectivity index (χ1v) is 6.52. The minimum absolute atomic E-state index is 0.100. The van der Waals surface area contributed by atoms with Crippen molar-refractivity contribution in [2.45, 2.75) is 6.18 Å². The van der Waals surface area contributed by atoms with Gasteiger partial charge in [-0.3, -0.25) is 4.57 Å². The molecule has 110 valence electrons. The number of alkyl halides is 3. The fraction of sp³-hybridized carbons (Fsp3) is 0.0667. The van der Waals surface area contributed by atoms with Crippen LogP contribution >= 0.6 is 11.6 Å². The fourth-order valence-electron chi connectivity index (χ4n) is 2.16. The second-order valence-electron chi connectivity index (χ2n) is 4.60. The van der Waals surface area contributed by atoms with E-state index in [9.17, 15) is 13.2 Å². The zero-order chi connectivity index (χ0) is 15.9. The van der Waals surface area contributed by atoms with Crippen LogP contribution in [0.1, 0.15) is 11.1 Å². The monoisotopic (exact) mass is 321 g/mol. The summed E-state index contributed by atoms with van der Waals surface area (Å²) in [7, 11) is 0. The number of hydrogen-bond acceptors (Lipinski definition) is 2. The molecular weight excluding hydrogens is 315 g/mol. The standard InChI is InChI=1S/C15H7ClF3N3/c16-12-6-11(15(17,18)19)8-21-14(12)22-4-3-10-5-9(7-20)1-2-13(10)22/h1-6,8H. The molecular formula is C15H7ClF3N3. The van der Waals surface area contributed by atoms with Crippen molar-refractivity contribution in [1.29, 1.82) is 5.26 Å². The largest absolute Gasteiger partial charge is 0.417 e. The molecule has 3 rings (SSSR count). The lowest BCUT2D eigenvalue weighted by Gasteiger charge is -2.10. The number of halogens is 4. The van der Waals surface area contributed by atoms with Crippen molar-refractivity contribution >= 4 is 22.5 Å². The topological polar surface area (TPSA) is 41.6 Å². The predicted octanol–water partition coefficient (Wildman–Crippen LogP) is 4.57. The molecule has 0 radical (unpaired) electrons. The van der Waals surface area contributed by atoms with E-state index in [2.05, 4.69) is 4.98 Å². The number of fused-ring (bicyclic) bond motifs is 1. The van der Waals surface area contributed by atoms with E-state index in [0.29, 0.717) is 11.1 Å². The third-order valence-electron chi connectivity index (χ3n) is 3.20. The smallest absolute Gasteiger partial charge is 0.300 e. The molecule has 0 fully saturated rings. The number of pyridine rings is 1. The SMILES string of the molecule is N#Cc1ccc2c(ccn2-c2ncc(C(F)(F)F)cc2Cl)c1. The van der Waals surface area contributed by atoms with Gasteiger partial charge in [-0.2, -0.15) is 18.4 Å². The summed E-state index contributed by atoms with van der Waals surface area (Å²) >= 11 is 5.95. The van der Waals surface area contributed by atoms with E-state index >= 15 is 0 Å². The van der Waals surface area contributed by atoms with E-state index < -0.39 is 11.7 Å². The van der Waals surface area contributed by atoms with Gasteiger partial charge in [0.25, 0.3) is 0 Å². The average Bonchev–Trinajstić information content (AvgIpc) is 2.89. The van der Waals surface area contributed by atoms with Gasteiger partial charge in [0.15, 0.2) is 5.82 Å². The van der Waals surface area contributed by atoms with E-state index in [1.165, 1.54) is 0 Å². The highest BCUT2D eigenvalue weighted by Gasteiger charge is 2.31. The van der Waals surface area contributed by atoms with Gasteiger partial charge in [-0.1, -0.05) is 11.6 Å². The molecule has 0 amide bonds. The molecule has 1 aromatic carbocycles. The van der Waals surface area contributed by atoms with Crippen LogP contribution in [0, 0.1) is 11.3 Å². The maximum absolute atomic E-state index is 12.6. The van der Waals surface area contributed by atoms with Gasteiger partial charge < -0.3 is 0 Å². The fourth-order valence-corrected chi connectivity index (χ4v) is 2.42. The Labute approximate surface area is 128 Å². The van der Waals surface area contributed by atoms with Crippen LogP contribution in [0.5, 0.6) is 0 Å². The van der Waals surface area contributed by atoms with E-state index in [1.807, 2.05) is 6.07 Å². The van der Waals surface area contributed by atoms with Gasteiger partial charge >= 0.3 is 6.18 Å². The average molecular weight is 322 g/mol. The number of nitriles is 1. The summed E-state index contributed by atoms with van der Waals surface area (Å²) in [4.78, 5) is 3.83. The minimum atomic E-state index is -4.49. The van der Waals surface area contributed by atoms with Crippen molar-refractivity contribution in [3.8, 4) is 11.9 Å². The lowest BCUT2D eigenvalue weighted by atomic mass is 10.2. The molecule has 22 heavy (non-hydrogen) atoms. The highest BCUT2D eigenvalue weighted by atomic mass is 35.5. The van der Waals surface area contributed by atoms with Crippen molar-refractivity contribution in [2.75, 3.05) is 0 Å². The maximum atomic E-state index is 12.6. The Morgan fingerprint density at radius 2 is 1.95 bits per heavy atom. The lowest BCUT2D eigenvalue weighted by molar-refractivity contribution is -0.137. The predicted molar refractivity (Wildman–Crippen MR) is 75.8 cm³/mol. The van der Waals surface area contributed by atoms with Crippen molar-refractivity contribution < 1.29 is 13.2 Å². The Morgan fingerprint density at radius 1 is 1.18 bits per heavy atom. The van der Waals surface area contributed by atoms with Gasteiger partial charge in [-0.05, 0) is 30.3 Å². The first kappa shape index (κ1) is 14.4. The van der Waals surface area contributed by atoms with E-state index in [-0.39, 0.29) is 10.8 Å². The molecule has 0 aliphatic rings. The second kappa shape index (κ2) is 5.04. The Balaban J connectivity index is 2.14. The van der Waals surface area contributed by atoms with Gasteiger partial charge in [0.2, 0.25) is 0 Å². The number of hydrogen-bond donors (Lipinski definition) is 0. The van der Waals surface area contributed by atoms with Gasteiger partial charge in [0.05, 0.1) is 27.7 Å². The molecule has 0 atom stereocenters. The van der Waals surface area contributed by atoms with Crippen molar-refractivity contribution in [2.24, 2.45) is 0 Å². The van der Waals surface area contributed by atoms with Crippen LogP contribution in [0.25, 0.3) is 16.7 Å². The summed E-state index contributed by atoms with van der Waals surface area (Å²) in [5.74, 6) is 0.203. The van der Waals surface area contributed by atoms with Crippen LogP contribution in [0.4, 0.5) is 13.2 Å². The van der Waals surface area contributed by atoms with Gasteiger partial charge in [0, 0.05) is 17.8 Å². The summed E-state index contributed by atoms with van der Waals surface area (Å²) < 4.78 is 39.5. The van der Waals surface area contributed by atoms with Crippen LogP contribution in [0.2, 0.25) is 5.02 Å². The molecule has 3 nitrogen and oxygen atoms in total. The van der Waals surface area contributed by atoms with Crippen LogP contribution in [0.3, 0.4) is 0 Å². The van der Waals surface area contributed by atoms with Gasteiger partial charge in [-0.15, -0.1) is 0 Å². The van der Waals surface area contributed by atoms with Crippen LogP contribution in [-0.2, 0) is 6.18 Å². The maximum Gasteiger partial charge on any atom is 0.417 e. The molecule has 0 saturated heterocycles. The zero-order valence-electron chi connectivity index (χ0n) is 10.9. The second-order valence-corrected chi connectivity index (χ2v) is 5.01. The summed E-state index contributed by atoms with van der Waals surface area (Å²) in [5.41, 5.74) is 0.300. The van der Waals surface area contributed by atoms with Gasteiger partial charge in [0.1, 0.15) is 0 Å². The quantitative estimate of drug-likeness (QED) is 0.659. The number of rotatable bonds is 1. The molecule has 0 saturated carbocycles. The highest BCUT2D eigenvalue weighted by Crippen LogP contribution is 2.33.